The van der Waals surface area contributed by atoms with E-state index in [-0.39, 0.29) is 18.5 Å². The number of aliphatic carboxylic acids is 1. The van der Waals surface area contributed by atoms with Gasteiger partial charge in [-0.3, -0.25) is 9.69 Å². The second-order valence-corrected chi connectivity index (χ2v) is 4.54. The maximum Gasteiger partial charge on any atom is 0.321 e. The SMILES string of the molecule is COc1cccc(N(C)C(=O)NC(C)CCC(=O)O)c1. The molecule has 0 saturated heterocycles. The minimum absolute atomic E-state index is 0.0321. The van der Waals surface area contributed by atoms with Crippen molar-refractivity contribution in [2.45, 2.75) is 25.8 Å². The molecule has 6 nitrogen and oxygen atoms in total. The number of urea groups is 1. The third kappa shape index (κ3) is 4.79. The fraction of sp³-hybridized carbons (Fsp3) is 0.429. The van der Waals surface area contributed by atoms with E-state index in [4.69, 9.17) is 9.84 Å². The lowest BCUT2D eigenvalue weighted by Gasteiger charge is -2.21. The molecule has 0 spiro atoms. The van der Waals surface area contributed by atoms with Gasteiger partial charge in [0, 0.05) is 31.3 Å². The van der Waals surface area contributed by atoms with Crippen LogP contribution in [-0.2, 0) is 4.79 Å². The van der Waals surface area contributed by atoms with Gasteiger partial charge in [0.05, 0.1) is 7.11 Å². The number of carbonyl (C=O) groups is 2. The van der Waals surface area contributed by atoms with Gasteiger partial charge in [-0.2, -0.15) is 0 Å². The molecule has 2 amide bonds. The molecular weight excluding hydrogens is 260 g/mol. The fourth-order valence-corrected chi connectivity index (χ4v) is 1.66. The molecule has 1 aromatic rings. The number of nitrogens with one attached hydrogen (secondary N) is 1. The number of rotatable bonds is 6. The zero-order chi connectivity index (χ0) is 15.1. The molecule has 1 unspecified atom stereocenters. The molecule has 0 aliphatic heterocycles. The van der Waals surface area contributed by atoms with Gasteiger partial charge in [-0.05, 0) is 25.5 Å². The van der Waals surface area contributed by atoms with Crippen molar-refractivity contribution in [3.8, 4) is 5.75 Å². The van der Waals surface area contributed by atoms with Crippen LogP contribution in [0.25, 0.3) is 0 Å². The molecule has 0 radical (unpaired) electrons. The number of carboxylic acid groups (broad SMARTS) is 1. The largest absolute Gasteiger partial charge is 0.497 e. The smallest absolute Gasteiger partial charge is 0.321 e. The Morgan fingerprint density at radius 1 is 1.45 bits per heavy atom. The van der Waals surface area contributed by atoms with Crippen LogP contribution in [0.4, 0.5) is 10.5 Å². The topological polar surface area (TPSA) is 78.9 Å². The highest BCUT2D eigenvalue weighted by atomic mass is 16.5. The summed E-state index contributed by atoms with van der Waals surface area (Å²) in [5.41, 5.74) is 0.701. The Kier molecular flexibility index (Phi) is 5.83. The Bertz CT molecular complexity index is 476. The monoisotopic (exact) mass is 280 g/mol. The number of methoxy groups -OCH3 is 1. The average Bonchev–Trinajstić information content (AvgIpc) is 2.44. The first-order chi connectivity index (χ1) is 9.43. The van der Waals surface area contributed by atoms with E-state index in [1.54, 1.807) is 45.3 Å². The second kappa shape index (κ2) is 7.37. The van der Waals surface area contributed by atoms with Crippen LogP contribution in [0.3, 0.4) is 0 Å². The molecule has 0 fully saturated rings. The number of benzene rings is 1. The number of carbonyl (C=O) groups excluding carboxylic acids is 1. The van der Waals surface area contributed by atoms with E-state index in [9.17, 15) is 9.59 Å². The van der Waals surface area contributed by atoms with Crippen molar-refractivity contribution < 1.29 is 19.4 Å². The van der Waals surface area contributed by atoms with Gasteiger partial charge in [-0.15, -0.1) is 0 Å². The molecule has 2 N–H and O–H groups in total. The molecule has 0 aromatic heterocycles. The van der Waals surface area contributed by atoms with Crippen LogP contribution < -0.4 is 15.0 Å². The summed E-state index contributed by atoms with van der Waals surface area (Å²) in [6.07, 6.45) is 0.428. The first-order valence-corrected chi connectivity index (χ1v) is 6.34. The van der Waals surface area contributed by atoms with Crippen molar-refractivity contribution in [3.05, 3.63) is 24.3 Å². The van der Waals surface area contributed by atoms with E-state index < -0.39 is 5.97 Å². The molecule has 0 bridgehead atoms. The van der Waals surface area contributed by atoms with Gasteiger partial charge in [0.1, 0.15) is 5.75 Å². The fourth-order valence-electron chi connectivity index (χ4n) is 1.66. The maximum absolute atomic E-state index is 12.0. The molecule has 0 aliphatic carbocycles. The predicted molar refractivity (Wildman–Crippen MR) is 76.3 cm³/mol. The van der Waals surface area contributed by atoms with Crippen LogP contribution in [0.1, 0.15) is 19.8 Å². The third-order valence-corrected chi connectivity index (χ3v) is 2.91. The molecule has 1 aromatic carbocycles. The van der Waals surface area contributed by atoms with E-state index in [1.165, 1.54) is 4.90 Å². The van der Waals surface area contributed by atoms with Crippen molar-refractivity contribution in [1.82, 2.24) is 5.32 Å². The molecule has 1 rings (SSSR count). The van der Waals surface area contributed by atoms with E-state index in [0.717, 1.165) is 0 Å². The van der Waals surface area contributed by atoms with Gasteiger partial charge in [0.15, 0.2) is 0 Å². The van der Waals surface area contributed by atoms with Gasteiger partial charge in [0.25, 0.3) is 0 Å². The summed E-state index contributed by atoms with van der Waals surface area (Å²) >= 11 is 0. The van der Waals surface area contributed by atoms with E-state index in [1.807, 2.05) is 0 Å². The molecule has 0 saturated carbocycles. The quantitative estimate of drug-likeness (QED) is 0.836. The van der Waals surface area contributed by atoms with Crippen LogP contribution in [0.2, 0.25) is 0 Å². The van der Waals surface area contributed by atoms with Crippen molar-refractivity contribution >= 4 is 17.7 Å². The zero-order valence-corrected chi connectivity index (χ0v) is 11.9. The average molecular weight is 280 g/mol. The number of carboxylic acids is 1. The lowest BCUT2D eigenvalue weighted by molar-refractivity contribution is -0.137. The standard InChI is InChI=1S/C14H20N2O4/c1-10(7-8-13(17)18)15-14(19)16(2)11-5-4-6-12(9-11)20-3/h4-6,9-10H,7-8H2,1-3H3,(H,15,19)(H,17,18). The number of nitrogens with zero attached hydrogens (tertiary/aromatic N) is 1. The summed E-state index contributed by atoms with van der Waals surface area (Å²) in [6, 6.07) is 6.66. The van der Waals surface area contributed by atoms with E-state index >= 15 is 0 Å². The van der Waals surface area contributed by atoms with Crippen molar-refractivity contribution in [3.63, 3.8) is 0 Å². The highest BCUT2D eigenvalue weighted by Crippen LogP contribution is 2.19. The van der Waals surface area contributed by atoms with Gasteiger partial charge >= 0.3 is 12.0 Å². The number of hydrogen-bond acceptors (Lipinski definition) is 3. The number of amides is 2. The summed E-state index contributed by atoms with van der Waals surface area (Å²) in [4.78, 5) is 24.0. The first-order valence-electron chi connectivity index (χ1n) is 6.34. The maximum atomic E-state index is 12.0. The number of anilines is 1. The van der Waals surface area contributed by atoms with Gasteiger partial charge < -0.3 is 15.2 Å². The third-order valence-electron chi connectivity index (χ3n) is 2.91. The Balaban J connectivity index is 2.59. The molecular formula is C14H20N2O4. The van der Waals surface area contributed by atoms with Crippen molar-refractivity contribution in [2.75, 3.05) is 19.1 Å². The minimum Gasteiger partial charge on any atom is -0.497 e. The number of ether oxygens (including phenoxy) is 1. The highest BCUT2D eigenvalue weighted by Gasteiger charge is 2.14. The summed E-state index contributed by atoms with van der Waals surface area (Å²) in [6.45, 7) is 1.78. The minimum atomic E-state index is -0.868. The van der Waals surface area contributed by atoms with Crippen LogP contribution in [-0.4, -0.2) is 37.3 Å². The molecule has 6 heteroatoms. The Morgan fingerprint density at radius 2 is 2.15 bits per heavy atom. The Morgan fingerprint density at radius 3 is 2.75 bits per heavy atom. The molecule has 1 atom stereocenters. The summed E-state index contributed by atoms with van der Waals surface area (Å²) in [5, 5.41) is 11.4. The normalized spacial score (nSPS) is 11.6. The van der Waals surface area contributed by atoms with Crippen LogP contribution in [0, 0.1) is 0 Å². The summed E-state index contributed by atoms with van der Waals surface area (Å²) in [7, 11) is 3.21. The van der Waals surface area contributed by atoms with E-state index in [0.29, 0.717) is 17.9 Å². The van der Waals surface area contributed by atoms with Crippen molar-refractivity contribution in [1.29, 1.82) is 0 Å². The predicted octanol–water partition coefficient (Wildman–Crippen LogP) is 2.09. The first kappa shape index (κ1) is 15.8. The summed E-state index contributed by atoms with van der Waals surface area (Å²) in [5.74, 6) is -0.201. The second-order valence-electron chi connectivity index (χ2n) is 4.54. The zero-order valence-electron chi connectivity index (χ0n) is 11.9. The lowest BCUT2D eigenvalue weighted by atomic mass is 10.2. The van der Waals surface area contributed by atoms with Crippen LogP contribution >= 0.6 is 0 Å². The van der Waals surface area contributed by atoms with Gasteiger partial charge in [-0.25, -0.2) is 4.79 Å². The summed E-state index contributed by atoms with van der Waals surface area (Å²) < 4.78 is 5.11. The molecule has 110 valence electrons. The van der Waals surface area contributed by atoms with E-state index in [2.05, 4.69) is 5.32 Å². The molecule has 0 aliphatic rings. The Hall–Kier alpha value is -2.24. The van der Waals surface area contributed by atoms with Gasteiger partial charge in [-0.1, -0.05) is 6.07 Å². The number of hydrogen-bond donors (Lipinski definition) is 2. The molecule has 20 heavy (non-hydrogen) atoms. The molecule has 0 heterocycles. The lowest BCUT2D eigenvalue weighted by Crippen LogP contribution is -2.42. The van der Waals surface area contributed by atoms with Crippen molar-refractivity contribution in [2.24, 2.45) is 0 Å². The Labute approximate surface area is 118 Å². The highest BCUT2D eigenvalue weighted by molar-refractivity contribution is 5.91. The van der Waals surface area contributed by atoms with Crippen LogP contribution in [0.15, 0.2) is 24.3 Å². The van der Waals surface area contributed by atoms with Crippen LogP contribution in [0.5, 0.6) is 5.75 Å². The van der Waals surface area contributed by atoms with Gasteiger partial charge in [0.2, 0.25) is 0 Å².